The van der Waals surface area contributed by atoms with E-state index < -0.39 is 22.9 Å². The molecule has 6 heteroatoms. The summed E-state index contributed by atoms with van der Waals surface area (Å²) >= 11 is 0. The van der Waals surface area contributed by atoms with Gasteiger partial charge in [-0.05, 0) is 25.5 Å². The molecular weight excluding hydrogens is 269 g/mol. The van der Waals surface area contributed by atoms with Crippen molar-refractivity contribution in [2.45, 2.75) is 32.4 Å². The Morgan fingerprint density at radius 1 is 1.50 bits per heavy atom. The molecular formula is C14H17F3N2O. The quantitative estimate of drug-likeness (QED) is 0.865. The van der Waals surface area contributed by atoms with Crippen molar-refractivity contribution in [1.29, 1.82) is 0 Å². The third-order valence-corrected chi connectivity index (χ3v) is 3.83. The molecule has 110 valence electrons. The Balaban J connectivity index is 2.43. The van der Waals surface area contributed by atoms with Crippen molar-refractivity contribution in [3.8, 4) is 0 Å². The molecule has 1 saturated heterocycles. The van der Waals surface area contributed by atoms with E-state index in [-0.39, 0.29) is 5.56 Å². The topological polar surface area (TPSA) is 42.0 Å². The van der Waals surface area contributed by atoms with Crippen LogP contribution in [-0.2, 0) is 6.18 Å². The first-order valence-corrected chi connectivity index (χ1v) is 6.67. The number of alkyl halides is 3. The molecule has 0 aromatic carbocycles. The van der Waals surface area contributed by atoms with Crippen LogP contribution >= 0.6 is 0 Å². The van der Waals surface area contributed by atoms with Crippen molar-refractivity contribution < 1.29 is 18.0 Å². The monoisotopic (exact) mass is 286 g/mol. The lowest BCUT2D eigenvalue weighted by Crippen LogP contribution is -2.35. The molecule has 0 aliphatic carbocycles. The third kappa shape index (κ3) is 2.70. The van der Waals surface area contributed by atoms with E-state index in [4.69, 9.17) is 0 Å². The zero-order chi connectivity index (χ0) is 14.8. The van der Waals surface area contributed by atoms with Gasteiger partial charge in [0.25, 0.3) is 0 Å². The summed E-state index contributed by atoms with van der Waals surface area (Å²) in [6, 6.07) is 0.870. The molecule has 0 spiro atoms. The smallest absolute Gasteiger partial charge is 0.316 e. The Morgan fingerprint density at radius 2 is 2.25 bits per heavy atom. The number of Topliss-reactive ketones (excluding diaryl/α,β-unsaturated/α-hetero) is 1. The van der Waals surface area contributed by atoms with Crippen LogP contribution in [0.4, 0.5) is 13.2 Å². The normalized spacial score (nSPS) is 23.0. The van der Waals surface area contributed by atoms with Gasteiger partial charge in [0.2, 0.25) is 0 Å². The summed E-state index contributed by atoms with van der Waals surface area (Å²) in [6.07, 6.45) is -0.501. The largest absolute Gasteiger partial charge is 0.417 e. The van der Waals surface area contributed by atoms with Gasteiger partial charge in [-0.3, -0.25) is 9.78 Å². The van der Waals surface area contributed by atoms with Crippen LogP contribution in [0.15, 0.2) is 18.5 Å². The van der Waals surface area contributed by atoms with E-state index in [1.54, 1.807) is 0 Å². The molecule has 1 aliphatic rings. The highest BCUT2D eigenvalue weighted by molar-refractivity contribution is 6.02. The van der Waals surface area contributed by atoms with E-state index in [2.05, 4.69) is 10.3 Å². The second-order valence-corrected chi connectivity index (χ2v) is 5.21. The van der Waals surface area contributed by atoms with Crippen LogP contribution in [0.5, 0.6) is 0 Å². The zero-order valence-electron chi connectivity index (χ0n) is 11.3. The molecule has 1 aliphatic heterocycles. The second kappa shape index (κ2) is 5.52. The summed E-state index contributed by atoms with van der Waals surface area (Å²) in [5, 5.41) is 3.08. The minimum Gasteiger partial charge on any atom is -0.316 e. The van der Waals surface area contributed by atoms with Gasteiger partial charge in [0.1, 0.15) is 0 Å². The standard InChI is InChI=1S/C14H17F3N2O/c1-2-4-13(5-7-19-9-13)12(20)10-8-18-6-3-11(10)14(15,16)17/h3,6,8,19H,2,4-5,7,9H2,1H3. The van der Waals surface area contributed by atoms with E-state index in [0.717, 1.165) is 24.9 Å². The molecule has 2 heterocycles. The molecule has 1 aromatic rings. The minimum atomic E-state index is -4.53. The maximum absolute atomic E-state index is 13.0. The predicted octanol–water partition coefficient (Wildman–Crippen LogP) is 3.06. The molecule has 1 N–H and O–H groups in total. The second-order valence-electron chi connectivity index (χ2n) is 5.21. The number of aromatic nitrogens is 1. The lowest BCUT2D eigenvalue weighted by Gasteiger charge is -2.27. The minimum absolute atomic E-state index is 0.308. The lowest BCUT2D eigenvalue weighted by molar-refractivity contribution is -0.138. The molecule has 1 atom stereocenters. The molecule has 1 aromatic heterocycles. The van der Waals surface area contributed by atoms with Crippen molar-refractivity contribution in [1.82, 2.24) is 10.3 Å². The fourth-order valence-corrected chi connectivity index (χ4v) is 2.85. The van der Waals surface area contributed by atoms with Gasteiger partial charge in [0.15, 0.2) is 5.78 Å². The van der Waals surface area contributed by atoms with Crippen LogP contribution in [0.3, 0.4) is 0 Å². The Labute approximate surface area is 115 Å². The van der Waals surface area contributed by atoms with Gasteiger partial charge in [-0.2, -0.15) is 13.2 Å². The van der Waals surface area contributed by atoms with Crippen molar-refractivity contribution in [3.63, 3.8) is 0 Å². The maximum atomic E-state index is 13.0. The van der Waals surface area contributed by atoms with E-state index >= 15 is 0 Å². The molecule has 20 heavy (non-hydrogen) atoms. The maximum Gasteiger partial charge on any atom is 0.417 e. The molecule has 0 saturated carbocycles. The number of hydrogen-bond acceptors (Lipinski definition) is 3. The number of hydrogen-bond donors (Lipinski definition) is 1. The third-order valence-electron chi connectivity index (χ3n) is 3.83. The van der Waals surface area contributed by atoms with Gasteiger partial charge < -0.3 is 5.32 Å². The number of nitrogens with one attached hydrogen (secondary N) is 1. The van der Waals surface area contributed by atoms with Gasteiger partial charge in [-0.1, -0.05) is 13.3 Å². The van der Waals surface area contributed by atoms with Gasteiger partial charge in [-0.15, -0.1) is 0 Å². The Bertz CT molecular complexity index is 493. The van der Waals surface area contributed by atoms with E-state index in [9.17, 15) is 18.0 Å². The summed E-state index contributed by atoms with van der Waals surface area (Å²) < 4.78 is 39.0. The van der Waals surface area contributed by atoms with Crippen molar-refractivity contribution >= 4 is 5.78 Å². The lowest BCUT2D eigenvalue weighted by atomic mass is 9.75. The number of halogens is 3. The first-order valence-electron chi connectivity index (χ1n) is 6.67. The van der Waals surface area contributed by atoms with E-state index in [0.29, 0.717) is 25.9 Å². The molecule has 0 radical (unpaired) electrons. The van der Waals surface area contributed by atoms with Gasteiger partial charge in [0, 0.05) is 29.9 Å². The van der Waals surface area contributed by atoms with Crippen molar-refractivity contribution in [2.24, 2.45) is 5.41 Å². The van der Waals surface area contributed by atoms with E-state index in [1.807, 2.05) is 6.92 Å². The summed E-state index contributed by atoms with van der Waals surface area (Å²) in [4.78, 5) is 16.3. The first-order chi connectivity index (χ1) is 9.41. The summed E-state index contributed by atoms with van der Waals surface area (Å²) in [6.45, 7) is 3.03. The molecule has 1 unspecified atom stereocenters. The highest BCUT2D eigenvalue weighted by atomic mass is 19.4. The average molecular weight is 286 g/mol. The number of nitrogens with zero attached hydrogens (tertiary/aromatic N) is 1. The summed E-state index contributed by atoms with van der Waals surface area (Å²) in [5.74, 6) is -0.440. The highest BCUT2D eigenvalue weighted by Crippen LogP contribution is 2.39. The van der Waals surface area contributed by atoms with Gasteiger partial charge in [-0.25, -0.2) is 0 Å². The molecule has 3 nitrogen and oxygen atoms in total. The highest BCUT2D eigenvalue weighted by Gasteiger charge is 2.44. The van der Waals surface area contributed by atoms with E-state index in [1.165, 1.54) is 0 Å². The van der Waals surface area contributed by atoms with Crippen molar-refractivity contribution in [3.05, 3.63) is 29.6 Å². The predicted molar refractivity (Wildman–Crippen MR) is 68.4 cm³/mol. The van der Waals surface area contributed by atoms with Crippen LogP contribution in [0.2, 0.25) is 0 Å². The fraction of sp³-hybridized carbons (Fsp3) is 0.571. The molecule has 0 amide bonds. The Hall–Kier alpha value is -1.43. The number of ketones is 1. The first kappa shape index (κ1) is 15.0. The van der Waals surface area contributed by atoms with Gasteiger partial charge >= 0.3 is 6.18 Å². The zero-order valence-corrected chi connectivity index (χ0v) is 11.3. The SMILES string of the molecule is CCCC1(C(=O)c2cnccc2C(F)(F)F)CCNC1. The van der Waals surface area contributed by atoms with Crippen LogP contribution in [-0.4, -0.2) is 23.9 Å². The summed E-state index contributed by atoms with van der Waals surface area (Å²) in [7, 11) is 0. The molecule has 2 rings (SSSR count). The average Bonchev–Trinajstić information content (AvgIpc) is 2.87. The summed E-state index contributed by atoms with van der Waals surface area (Å²) in [5.41, 5.74) is -1.92. The fourth-order valence-electron chi connectivity index (χ4n) is 2.85. The van der Waals surface area contributed by atoms with Crippen molar-refractivity contribution in [2.75, 3.05) is 13.1 Å². The molecule has 0 bridgehead atoms. The Morgan fingerprint density at radius 3 is 2.80 bits per heavy atom. The number of carbonyl (C=O) groups is 1. The van der Waals surface area contributed by atoms with Gasteiger partial charge in [0.05, 0.1) is 5.56 Å². The van der Waals surface area contributed by atoms with Crippen LogP contribution in [0, 0.1) is 5.41 Å². The van der Waals surface area contributed by atoms with Crippen LogP contribution < -0.4 is 5.32 Å². The van der Waals surface area contributed by atoms with Crippen LogP contribution in [0.1, 0.15) is 42.1 Å². The number of carbonyl (C=O) groups excluding carboxylic acids is 1. The van der Waals surface area contributed by atoms with Crippen LogP contribution in [0.25, 0.3) is 0 Å². The molecule has 1 fully saturated rings. The number of pyridine rings is 1. The Kier molecular flexibility index (Phi) is 4.13. The number of rotatable bonds is 4.